The summed E-state index contributed by atoms with van der Waals surface area (Å²) in [6.07, 6.45) is 3.00. The second-order valence-electron chi connectivity index (χ2n) is 3.52. The fourth-order valence-corrected chi connectivity index (χ4v) is 1.10. The number of hydrogen-bond donors (Lipinski definition) is 2. The Morgan fingerprint density at radius 3 is 1.62 bits per heavy atom. The van der Waals surface area contributed by atoms with Crippen molar-refractivity contribution in [2.75, 3.05) is 25.5 Å². The molecule has 9 heteroatoms. The highest BCUT2D eigenvalue weighted by atomic mass is 32.2. The molecule has 0 aliphatic carbocycles. The number of nitrogens with two attached hydrogens (primary N) is 1. The Bertz CT molecular complexity index is 407. The average molecular weight is 323 g/mol. The van der Waals surface area contributed by atoms with Crippen LogP contribution in [0.2, 0.25) is 0 Å². The molecule has 0 unspecified atom stereocenters. The Morgan fingerprint density at radius 1 is 1.05 bits per heavy atom. The van der Waals surface area contributed by atoms with Crippen LogP contribution in [0.5, 0.6) is 0 Å². The van der Waals surface area contributed by atoms with E-state index in [0.717, 1.165) is 0 Å². The fourth-order valence-electron chi connectivity index (χ4n) is 0.801. The Labute approximate surface area is 124 Å². The van der Waals surface area contributed by atoms with Crippen LogP contribution in [0.4, 0.5) is 0 Å². The van der Waals surface area contributed by atoms with Gasteiger partial charge in [0, 0.05) is 6.54 Å². The highest BCUT2D eigenvalue weighted by Gasteiger charge is 2.07. The van der Waals surface area contributed by atoms with Crippen molar-refractivity contribution in [3.8, 4) is 0 Å². The molecule has 0 aromatic carbocycles. The predicted octanol–water partition coefficient (Wildman–Crippen LogP) is 0.0579. The normalized spacial score (nSPS) is 9.81. The molecule has 21 heavy (non-hydrogen) atoms. The molecule has 0 amide bonds. The molecule has 0 saturated heterocycles. The number of esters is 2. The Hall–Kier alpha value is -1.71. The standard InChI is InChI=1S/C10H14O4.C2H7NO3S/c1-3-7-13-9(11)5-6-10(12)14-8-4-2;3-1-2-7(4,5)6/h3-4H,1-2,5-8H2;1-3H2,(H,4,5,6). The van der Waals surface area contributed by atoms with Gasteiger partial charge in [-0.1, -0.05) is 25.3 Å². The molecule has 3 N–H and O–H groups in total. The molecule has 0 bridgehead atoms. The van der Waals surface area contributed by atoms with E-state index in [4.69, 9.17) is 10.3 Å². The first-order chi connectivity index (χ1) is 9.76. The van der Waals surface area contributed by atoms with Crippen LogP contribution in [0.15, 0.2) is 25.3 Å². The van der Waals surface area contributed by atoms with Gasteiger partial charge in [0.15, 0.2) is 0 Å². The molecule has 0 spiro atoms. The van der Waals surface area contributed by atoms with Gasteiger partial charge in [0.1, 0.15) is 13.2 Å². The lowest BCUT2D eigenvalue weighted by Gasteiger charge is -2.02. The first-order valence-electron chi connectivity index (χ1n) is 5.95. The molecule has 8 nitrogen and oxygen atoms in total. The van der Waals surface area contributed by atoms with Gasteiger partial charge in [-0.05, 0) is 0 Å². The van der Waals surface area contributed by atoms with E-state index in [9.17, 15) is 18.0 Å². The van der Waals surface area contributed by atoms with Crippen molar-refractivity contribution in [2.24, 2.45) is 5.73 Å². The fraction of sp³-hybridized carbons (Fsp3) is 0.500. The van der Waals surface area contributed by atoms with Crippen LogP contribution >= 0.6 is 0 Å². The molecule has 122 valence electrons. The van der Waals surface area contributed by atoms with Gasteiger partial charge in [0.25, 0.3) is 10.1 Å². The summed E-state index contributed by atoms with van der Waals surface area (Å²) in [5.41, 5.74) is 4.78. The molecule has 0 atom stereocenters. The first-order valence-corrected chi connectivity index (χ1v) is 7.56. The number of carbonyl (C=O) groups is 2. The van der Waals surface area contributed by atoms with E-state index in [-0.39, 0.29) is 38.4 Å². The summed E-state index contributed by atoms with van der Waals surface area (Å²) < 4.78 is 36.6. The van der Waals surface area contributed by atoms with Crippen LogP contribution in [0.3, 0.4) is 0 Å². The van der Waals surface area contributed by atoms with Gasteiger partial charge in [-0.25, -0.2) is 0 Å². The number of hydrogen-bond acceptors (Lipinski definition) is 7. The largest absolute Gasteiger partial charge is 0.461 e. The number of carbonyl (C=O) groups excluding carboxylic acids is 2. The minimum absolute atomic E-state index is 0.0289. The molecule has 0 aliphatic rings. The lowest BCUT2D eigenvalue weighted by molar-refractivity contribution is -0.149. The van der Waals surface area contributed by atoms with Crippen molar-refractivity contribution in [3.63, 3.8) is 0 Å². The number of rotatable bonds is 9. The summed E-state index contributed by atoms with van der Waals surface area (Å²) in [6, 6.07) is 0. The summed E-state index contributed by atoms with van der Waals surface area (Å²) in [6.45, 7) is 7.08. The van der Waals surface area contributed by atoms with Crippen molar-refractivity contribution in [3.05, 3.63) is 25.3 Å². The summed E-state index contributed by atoms with van der Waals surface area (Å²) >= 11 is 0. The maximum Gasteiger partial charge on any atom is 0.306 e. The second kappa shape index (κ2) is 13.3. The third kappa shape index (κ3) is 20.8. The van der Waals surface area contributed by atoms with Crippen molar-refractivity contribution in [1.82, 2.24) is 0 Å². The molecule has 0 heterocycles. The average Bonchev–Trinajstić information content (AvgIpc) is 2.39. The van der Waals surface area contributed by atoms with Gasteiger partial charge < -0.3 is 15.2 Å². The van der Waals surface area contributed by atoms with Gasteiger partial charge in [0.05, 0.1) is 18.6 Å². The van der Waals surface area contributed by atoms with E-state index in [1.807, 2.05) is 0 Å². The zero-order chi connectivity index (χ0) is 16.7. The SMILES string of the molecule is C=CCOC(=O)CCC(=O)OCC=C.NCCS(=O)(=O)O. The van der Waals surface area contributed by atoms with Crippen LogP contribution in [0.1, 0.15) is 12.8 Å². The van der Waals surface area contributed by atoms with E-state index in [1.54, 1.807) is 0 Å². The summed E-state index contributed by atoms with van der Waals surface area (Å²) in [5.74, 6) is -1.21. The minimum Gasteiger partial charge on any atom is -0.461 e. The highest BCUT2D eigenvalue weighted by Crippen LogP contribution is 1.96. The lowest BCUT2D eigenvalue weighted by Crippen LogP contribution is -2.13. The van der Waals surface area contributed by atoms with Crippen molar-refractivity contribution in [1.29, 1.82) is 0 Å². The molecule has 0 aromatic rings. The van der Waals surface area contributed by atoms with Gasteiger partial charge in [-0.3, -0.25) is 14.1 Å². The zero-order valence-electron chi connectivity index (χ0n) is 11.7. The Morgan fingerprint density at radius 2 is 1.43 bits per heavy atom. The predicted molar refractivity (Wildman–Crippen MR) is 77.0 cm³/mol. The Kier molecular flexibility index (Phi) is 13.7. The zero-order valence-corrected chi connectivity index (χ0v) is 12.5. The van der Waals surface area contributed by atoms with Crippen molar-refractivity contribution < 1.29 is 32.0 Å². The maximum atomic E-state index is 10.9. The third-order valence-electron chi connectivity index (χ3n) is 1.63. The molecular weight excluding hydrogens is 302 g/mol. The first kappa shape index (κ1) is 21.6. The summed E-state index contributed by atoms with van der Waals surface area (Å²) in [5, 5.41) is 0. The van der Waals surface area contributed by atoms with E-state index >= 15 is 0 Å². The summed E-state index contributed by atoms with van der Waals surface area (Å²) in [4.78, 5) is 21.8. The van der Waals surface area contributed by atoms with Gasteiger partial charge in [0.2, 0.25) is 0 Å². The quantitative estimate of drug-likeness (QED) is 0.345. The van der Waals surface area contributed by atoms with Crippen LogP contribution in [0, 0.1) is 0 Å². The second-order valence-corrected chi connectivity index (χ2v) is 5.09. The molecular formula is C12H21NO7S. The maximum absolute atomic E-state index is 10.9. The lowest BCUT2D eigenvalue weighted by atomic mass is 10.3. The smallest absolute Gasteiger partial charge is 0.306 e. The minimum atomic E-state index is -3.80. The van der Waals surface area contributed by atoms with Crippen LogP contribution in [-0.4, -0.2) is 50.4 Å². The van der Waals surface area contributed by atoms with E-state index in [2.05, 4.69) is 22.6 Å². The topological polar surface area (TPSA) is 133 Å². The molecule has 0 aliphatic heterocycles. The number of ether oxygens (including phenoxy) is 2. The van der Waals surface area contributed by atoms with Crippen molar-refractivity contribution >= 4 is 22.1 Å². The van der Waals surface area contributed by atoms with Crippen LogP contribution < -0.4 is 5.73 Å². The van der Waals surface area contributed by atoms with Crippen LogP contribution in [0.25, 0.3) is 0 Å². The monoisotopic (exact) mass is 323 g/mol. The molecule has 0 radical (unpaired) electrons. The third-order valence-corrected chi connectivity index (χ3v) is 2.39. The van der Waals surface area contributed by atoms with E-state index in [0.29, 0.717) is 0 Å². The van der Waals surface area contributed by atoms with Gasteiger partial charge >= 0.3 is 11.9 Å². The van der Waals surface area contributed by atoms with Crippen molar-refractivity contribution in [2.45, 2.75) is 12.8 Å². The Balaban J connectivity index is 0. The molecule has 0 aromatic heterocycles. The van der Waals surface area contributed by atoms with E-state index < -0.39 is 22.1 Å². The van der Waals surface area contributed by atoms with E-state index in [1.165, 1.54) is 12.2 Å². The highest BCUT2D eigenvalue weighted by molar-refractivity contribution is 7.85. The molecule has 0 saturated carbocycles. The van der Waals surface area contributed by atoms with Gasteiger partial charge in [-0.15, -0.1) is 0 Å². The molecule has 0 rings (SSSR count). The summed E-state index contributed by atoms with van der Waals surface area (Å²) in [7, 11) is -3.80. The van der Waals surface area contributed by atoms with Gasteiger partial charge in [-0.2, -0.15) is 8.42 Å². The molecule has 0 fully saturated rings. The van der Waals surface area contributed by atoms with Crippen LogP contribution in [-0.2, 0) is 29.2 Å².